The molecule has 6 heteroatoms. The Morgan fingerprint density at radius 2 is 2.06 bits per heavy atom. The number of rotatable bonds is 9. The molecule has 0 heterocycles. The Labute approximate surface area is 101 Å². The standard InChI is InChI=1S/C10H21N3O2S/c1-16-7-5-8(11)10(15)13-6-3-2-4-9(12)14/h8H,2-7,11H2,1H3,(H2,12,14)(H,13,15)/t8-/m0/s1. The van der Waals surface area contributed by atoms with Crippen molar-refractivity contribution in [3.8, 4) is 0 Å². The average molecular weight is 247 g/mol. The van der Waals surface area contributed by atoms with Gasteiger partial charge in [0.15, 0.2) is 0 Å². The van der Waals surface area contributed by atoms with Crippen molar-refractivity contribution in [3.05, 3.63) is 0 Å². The van der Waals surface area contributed by atoms with Crippen molar-refractivity contribution >= 4 is 23.6 Å². The molecule has 0 aromatic heterocycles. The van der Waals surface area contributed by atoms with Crippen molar-refractivity contribution in [2.24, 2.45) is 11.5 Å². The van der Waals surface area contributed by atoms with Crippen molar-refractivity contribution < 1.29 is 9.59 Å². The van der Waals surface area contributed by atoms with E-state index in [1.54, 1.807) is 11.8 Å². The average Bonchev–Trinajstić information content (AvgIpc) is 2.24. The van der Waals surface area contributed by atoms with Crippen LogP contribution in [0.3, 0.4) is 0 Å². The number of unbranched alkanes of at least 4 members (excludes halogenated alkanes) is 1. The van der Waals surface area contributed by atoms with Crippen LogP contribution in [0, 0.1) is 0 Å². The number of hydrogen-bond acceptors (Lipinski definition) is 4. The van der Waals surface area contributed by atoms with E-state index in [0.29, 0.717) is 25.8 Å². The highest BCUT2D eigenvalue weighted by molar-refractivity contribution is 7.98. The minimum Gasteiger partial charge on any atom is -0.370 e. The molecule has 0 aliphatic carbocycles. The third-order valence-electron chi connectivity index (χ3n) is 2.12. The Morgan fingerprint density at radius 1 is 1.38 bits per heavy atom. The van der Waals surface area contributed by atoms with Crippen LogP contribution in [0.4, 0.5) is 0 Å². The molecular formula is C10H21N3O2S. The largest absolute Gasteiger partial charge is 0.370 e. The second kappa shape index (κ2) is 9.47. The summed E-state index contributed by atoms with van der Waals surface area (Å²) in [7, 11) is 0. The lowest BCUT2D eigenvalue weighted by atomic mass is 10.2. The number of nitrogens with two attached hydrogens (primary N) is 2. The number of thioether (sulfide) groups is 1. The van der Waals surface area contributed by atoms with E-state index in [1.807, 2.05) is 6.26 Å². The molecule has 0 rings (SSSR count). The smallest absolute Gasteiger partial charge is 0.236 e. The summed E-state index contributed by atoms with van der Waals surface area (Å²) >= 11 is 1.67. The Bertz CT molecular complexity index is 224. The quantitative estimate of drug-likeness (QED) is 0.493. The maximum atomic E-state index is 11.4. The van der Waals surface area contributed by atoms with Crippen LogP contribution in [-0.4, -0.2) is 36.4 Å². The molecule has 16 heavy (non-hydrogen) atoms. The van der Waals surface area contributed by atoms with Crippen LogP contribution in [-0.2, 0) is 9.59 Å². The minimum absolute atomic E-state index is 0.117. The highest BCUT2D eigenvalue weighted by Gasteiger charge is 2.11. The lowest BCUT2D eigenvalue weighted by molar-refractivity contribution is -0.122. The molecule has 0 unspecified atom stereocenters. The van der Waals surface area contributed by atoms with Gasteiger partial charge in [0.05, 0.1) is 6.04 Å². The third kappa shape index (κ3) is 8.55. The van der Waals surface area contributed by atoms with Crippen molar-refractivity contribution in [3.63, 3.8) is 0 Å². The highest BCUT2D eigenvalue weighted by Crippen LogP contribution is 1.99. The van der Waals surface area contributed by atoms with Crippen LogP contribution in [0.2, 0.25) is 0 Å². The molecule has 94 valence electrons. The molecule has 0 radical (unpaired) electrons. The van der Waals surface area contributed by atoms with E-state index in [9.17, 15) is 9.59 Å². The van der Waals surface area contributed by atoms with Crippen molar-refractivity contribution in [1.82, 2.24) is 5.32 Å². The van der Waals surface area contributed by atoms with Crippen molar-refractivity contribution in [2.75, 3.05) is 18.6 Å². The second-order valence-electron chi connectivity index (χ2n) is 3.60. The van der Waals surface area contributed by atoms with Crippen molar-refractivity contribution in [2.45, 2.75) is 31.7 Å². The molecule has 2 amide bonds. The number of nitrogens with one attached hydrogen (secondary N) is 1. The Morgan fingerprint density at radius 3 is 2.62 bits per heavy atom. The Kier molecular flexibility index (Phi) is 9.03. The molecule has 0 bridgehead atoms. The summed E-state index contributed by atoms with van der Waals surface area (Å²) < 4.78 is 0. The van der Waals surface area contributed by atoms with Gasteiger partial charge in [0.25, 0.3) is 0 Å². The molecule has 0 fully saturated rings. The lowest BCUT2D eigenvalue weighted by Gasteiger charge is -2.11. The van der Waals surface area contributed by atoms with Gasteiger partial charge >= 0.3 is 0 Å². The van der Waals surface area contributed by atoms with Gasteiger partial charge in [-0.1, -0.05) is 0 Å². The number of carbonyl (C=O) groups is 2. The van der Waals surface area contributed by atoms with Crippen LogP contribution in [0.15, 0.2) is 0 Å². The van der Waals surface area contributed by atoms with Gasteiger partial charge in [0, 0.05) is 13.0 Å². The molecule has 0 aliphatic heterocycles. The SMILES string of the molecule is CSCC[C@H](N)C(=O)NCCCCC(N)=O. The topological polar surface area (TPSA) is 98.2 Å². The summed E-state index contributed by atoms with van der Waals surface area (Å²) in [4.78, 5) is 21.8. The first-order valence-electron chi connectivity index (χ1n) is 5.38. The predicted octanol–water partition coefficient (Wildman–Crippen LogP) is -0.161. The summed E-state index contributed by atoms with van der Waals surface area (Å²) in [6.07, 6.45) is 4.50. The molecule has 0 aromatic carbocycles. The second-order valence-corrected chi connectivity index (χ2v) is 4.59. The first kappa shape index (κ1) is 15.2. The first-order chi connectivity index (χ1) is 7.57. The number of primary amides is 1. The third-order valence-corrected chi connectivity index (χ3v) is 2.76. The fourth-order valence-corrected chi connectivity index (χ4v) is 1.63. The van der Waals surface area contributed by atoms with E-state index < -0.39 is 6.04 Å². The Hall–Kier alpha value is -0.750. The molecule has 0 aliphatic rings. The summed E-state index contributed by atoms with van der Waals surface area (Å²) in [5, 5.41) is 2.74. The van der Waals surface area contributed by atoms with E-state index in [0.717, 1.165) is 12.2 Å². The zero-order valence-electron chi connectivity index (χ0n) is 9.70. The van der Waals surface area contributed by atoms with Gasteiger partial charge in [-0.3, -0.25) is 9.59 Å². The molecule has 1 atom stereocenters. The van der Waals surface area contributed by atoms with Gasteiger partial charge in [0.2, 0.25) is 11.8 Å². The van der Waals surface area contributed by atoms with Gasteiger partial charge in [-0.25, -0.2) is 0 Å². The Balaban J connectivity index is 3.45. The minimum atomic E-state index is -0.427. The van der Waals surface area contributed by atoms with E-state index in [-0.39, 0.29) is 11.8 Å². The van der Waals surface area contributed by atoms with E-state index in [2.05, 4.69) is 5.32 Å². The van der Waals surface area contributed by atoms with Gasteiger partial charge < -0.3 is 16.8 Å². The summed E-state index contributed by atoms with van der Waals surface area (Å²) in [5.74, 6) is 0.465. The van der Waals surface area contributed by atoms with Crippen LogP contribution in [0.25, 0.3) is 0 Å². The van der Waals surface area contributed by atoms with Gasteiger partial charge in [0.1, 0.15) is 0 Å². The fraction of sp³-hybridized carbons (Fsp3) is 0.800. The van der Waals surface area contributed by atoms with E-state index in [1.165, 1.54) is 0 Å². The first-order valence-corrected chi connectivity index (χ1v) is 6.78. The van der Waals surface area contributed by atoms with Gasteiger partial charge in [-0.15, -0.1) is 0 Å². The zero-order chi connectivity index (χ0) is 12.4. The normalized spacial score (nSPS) is 12.1. The molecule has 0 saturated heterocycles. The van der Waals surface area contributed by atoms with Gasteiger partial charge in [-0.05, 0) is 31.3 Å². The lowest BCUT2D eigenvalue weighted by Crippen LogP contribution is -2.41. The molecular weight excluding hydrogens is 226 g/mol. The summed E-state index contributed by atoms with van der Waals surface area (Å²) in [6, 6.07) is -0.427. The maximum Gasteiger partial charge on any atom is 0.236 e. The number of amides is 2. The van der Waals surface area contributed by atoms with Crippen molar-refractivity contribution in [1.29, 1.82) is 0 Å². The zero-order valence-corrected chi connectivity index (χ0v) is 10.5. The molecule has 0 spiro atoms. The van der Waals surface area contributed by atoms with Crippen LogP contribution < -0.4 is 16.8 Å². The maximum absolute atomic E-state index is 11.4. The monoisotopic (exact) mass is 247 g/mol. The van der Waals surface area contributed by atoms with Gasteiger partial charge in [-0.2, -0.15) is 11.8 Å². The van der Waals surface area contributed by atoms with E-state index in [4.69, 9.17) is 11.5 Å². The van der Waals surface area contributed by atoms with Crippen LogP contribution in [0.1, 0.15) is 25.7 Å². The highest BCUT2D eigenvalue weighted by atomic mass is 32.2. The number of carbonyl (C=O) groups excluding carboxylic acids is 2. The molecule has 5 nitrogen and oxygen atoms in total. The molecule has 0 saturated carbocycles. The van der Waals surface area contributed by atoms with Crippen LogP contribution >= 0.6 is 11.8 Å². The summed E-state index contributed by atoms with van der Waals surface area (Å²) in [5.41, 5.74) is 10.7. The van der Waals surface area contributed by atoms with E-state index >= 15 is 0 Å². The molecule has 5 N–H and O–H groups in total. The molecule has 0 aromatic rings. The predicted molar refractivity (Wildman–Crippen MR) is 67.0 cm³/mol. The van der Waals surface area contributed by atoms with Crippen LogP contribution in [0.5, 0.6) is 0 Å². The summed E-state index contributed by atoms with van der Waals surface area (Å²) in [6.45, 7) is 0.555. The number of hydrogen-bond donors (Lipinski definition) is 3. The fourth-order valence-electron chi connectivity index (χ4n) is 1.14.